The highest BCUT2D eigenvalue weighted by molar-refractivity contribution is 7.13. The van der Waals surface area contributed by atoms with Gasteiger partial charge in [0, 0.05) is 29.9 Å². The van der Waals surface area contributed by atoms with Crippen LogP contribution in [0, 0.1) is 0 Å². The van der Waals surface area contributed by atoms with Gasteiger partial charge in [-0.25, -0.2) is 4.98 Å². The van der Waals surface area contributed by atoms with Gasteiger partial charge in [-0.2, -0.15) is 0 Å². The van der Waals surface area contributed by atoms with Crippen molar-refractivity contribution in [3.05, 3.63) is 34.8 Å². The van der Waals surface area contributed by atoms with Gasteiger partial charge in [-0.3, -0.25) is 0 Å². The maximum Gasteiger partial charge on any atom is 0.183 e. The van der Waals surface area contributed by atoms with Crippen LogP contribution in [0.2, 0.25) is 0 Å². The van der Waals surface area contributed by atoms with Crippen LogP contribution in [-0.4, -0.2) is 25.2 Å². The molecule has 6 nitrogen and oxygen atoms in total. The number of nitrogens with zero attached hydrogens (tertiary/aromatic N) is 1. The number of carboxylic acids is 1. The topological polar surface area (TPSA) is 83.5 Å². The number of anilines is 1. The highest BCUT2D eigenvalue weighted by Crippen LogP contribution is 2.25. The molecule has 0 spiro atoms. The van der Waals surface area contributed by atoms with E-state index in [4.69, 9.17) is 9.47 Å². The van der Waals surface area contributed by atoms with Crippen LogP contribution in [0.5, 0.6) is 11.5 Å². The Morgan fingerprint density at radius 1 is 1.38 bits per heavy atom. The van der Waals surface area contributed by atoms with Crippen molar-refractivity contribution < 1.29 is 19.4 Å². The van der Waals surface area contributed by atoms with Crippen LogP contribution < -0.4 is 19.9 Å². The van der Waals surface area contributed by atoms with E-state index in [1.807, 2.05) is 18.2 Å². The summed E-state index contributed by atoms with van der Waals surface area (Å²) in [4.78, 5) is 14.7. The first-order valence-electron chi connectivity index (χ1n) is 6.21. The molecule has 0 saturated heterocycles. The number of thiazole rings is 1. The Morgan fingerprint density at radius 3 is 2.86 bits per heavy atom. The number of benzene rings is 1. The lowest BCUT2D eigenvalue weighted by atomic mass is 10.2. The number of carboxylic acid groups (broad SMARTS) is 1. The van der Waals surface area contributed by atoms with Gasteiger partial charge in [0.2, 0.25) is 0 Å². The average Bonchev–Trinajstić information content (AvgIpc) is 2.91. The first kappa shape index (κ1) is 15.1. The van der Waals surface area contributed by atoms with Gasteiger partial charge in [0.15, 0.2) is 5.13 Å². The SMILES string of the molecule is COc1ccc(OC)c(CNc2nc(CC(=O)[O-])cs2)c1. The van der Waals surface area contributed by atoms with Crippen molar-refractivity contribution in [3.63, 3.8) is 0 Å². The molecule has 0 radical (unpaired) electrons. The maximum atomic E-state index is 10.5. The number of hydrogen-bond acceptors (Lipinski definition) is 7. The Kier molecular flexibility index (Phi) is 4.99. The average molecular weight is 307 g/mol. The second kappa shape index (κ2) is 6.94. The molecule has 0 amide bonds. The molecule has 0 aliphatic heterocycles. The molecule has 7 heteroatoms. The van der Waals surface area contributed by atoms with Crippen molar-refractivity contribution in [1.29, 1.82) is 0 Å². The molecule has 0 saturated carbocycles. The number of ether oxygens (including phenoxy) is 2. The summed E-state index contributed by atoms with van der Waals surface area (Å²) in [5, 5.41) is 16.0. The van der Waals surface area contributed by atoms with Crippen molar-refractivity contribution in [2.45, 2.75) is 13.0 Å². The van der Waals surface area contributed by atoms with E-state index < -0.39 is 5.97 Å². The van der Waals surface area contributed by atoms with E-state index in [-0.39, 0.29) is 6.42 Å². The fourth-order valence-corrected chi connectivity index (χ4v) is 2.52. The van der Waals surface area contributed by atoms with Crippen molar-refractivity contribution in [3.8, 4) is 11.5 Å². The number of methoxy groups -OCH3 is 2. The molecule has 0 aliphatic carbocycles. The lowest BCUT2D eigenvalue weighted by Gasteiger charge is -2.10. The number of hydrogen-bond donors (Lipinski definition) is 1. The quantitative estimate of drug-likeness (QED) is 0.823. The third-order valence-corrected chi connectivity index (χ3v) is 3.64. The zero-order valence-corrected chi connectivity index (χ0v) is 12.5. The molecule has 1 heterocycles. The number of aromatic nitrogens is 1. The van der Waals surface area contributed by atoms with Crippen LogP contribution in [0.3, 0.4) is 0 Å². The highest BCUT2D eigenvalue weighted by atomic mass is 32.1. The molecular formula is C14H15N2O4S-. The number of carbonyl (C=O) groups is 1. The van der Waals surface area contributed by atoms with Gasteiger partial charge < -0.3 is 24.7 Å². The van der Waals surface area contributed by atoms with E-state index >= 15 is 0 Å². The maximum absolute atomic E-state index is 10.5. The molecule has 0 bridgehead atoms. The second-order valence-corrected chi connectivity index (χ2v) is 5.08. The van der Waals surface area contributed by atoms with E-state index in [0.29, 0.717) is 17.4 Å². The fourth-order valence-electron chi connectivity index (χ4n) is 1.81. The number of nitrogens with one attached hydrogen (secondary N) is 1. The summed E-state index contributed by atoms with van der Waals surface area (Å²) in [5.41, 5.74) is 1.41. The van der Waals surface area contributed by atoms with Crippen molar-refractivity contribution >= 4 is 22.4 Å². The van der Waals surface area contributed by atoms with Crippen LogP contribution in [0.1, 0.15) is 11.3 Å². The molecule has 112 valence electrons. The Morgan fingerprint density at radius 2 is 2.19 bits per heavy atom. The van der Waals surface area contributed by atoms with Gasteiger partial charge in [0.1, 0.15) is 11.5 Å². The summed E-state index contributed by atoms with van der Waals surface area (Å²) in [5.74, 6) is 0.348. The molecule has 0 atom stereocenters. The first-order valence-corrected chi connectivity index (χ1v) is 7.09. The van der Waals surface area contributed by atoms with E-state index in [1.165, 1.54) is 11.3 Å². The lowest BCUT2D eigenvalue weighted by Crippen LogP contribution is -2.24. The predicted molar refractivity (Wildman–Crippen MR) is 77.7 cm³/mol. The van der Waals surface area contributed by atoms with Gasteiger partial charge >= 0.3 is 0 Å². The van der Waals surface area contributed by atoms with Crippen LogP contribution in [-0.2, 0) is 17.8 Å². The number of rotatable bonds is 7. The Balaban J connectivity index is 2.05. The molecular weight excluding hydrogens is 292 g/mol. The third kappa shape index (κ3) is 4.09. The van der Waals surface area contributed by atoms with Gasteiger partial charge in [-0.05, 0) is 18.2 Å². The summed E-state index contributed by atoms with van der Waals surface area (Å²) in [6.07, 6.45) is -0.180. The normalized spacial score (nSPS) is 10.2. The van der Waals surface area contributed by atoms with Crippen LogP contribution in [0.4, 0.5) is 5.13 Å². The molecule has 1 aromatic carbocycles. The molecule has 0 aliphatic rings. The van der Waals surface area contributed by atoms with Gasteiger partial charge in [0.05, 0.1) is 19.9 Å². The van der Waals surface area contributed by atoms with Gasteiger partial charge in [0.25, 0.3) is 0 Å². The third-order valence-electron chi connectivity index (χ3n) is 2.79. The summed E-state index contributed by atoms with van der Waals surface area (Å²) in [6, 6.07) is 5.53. The molecule has 1 N–H and O–H groups in total. The number of aliphatic carboxylic acids is 1. The van der Waals surface area contributed by atoms with Crippen molar-refractivity contribution in [1.82, 2.24) is 4.98 Å². The van der Waals surface area contributed by atoms with Crippen molar-refractivity contribution in [2.75, 3.05) is 19.5 Å². The molecule has 0 unspecified atom stereocenters. The Hall–Kier alpha value is -2.28. The van der Waals surface area contributed by atoms with E-state index in [1.54, 1.807) is 19.6 Å². The van der Waals surface area contributed by atoms with Crippen LogP contribution >= 0.6 is 11.3 Å². The monoisotopic (exact) mass is 307 g/mol. The smallest absolute Gasteiger partial charge is 0.183 e. The highest BCUT2D eigenvalue weighted by Gasteiger charge is 2.07. The second-order valence-electron chi connectivity index (χ2n) is 4.22. The zero-order valence-electron chi connectivity index (χ0n) is 11.7. The minimum absolute atomic E-state index is 0.180. The molecule has 2 rings (SSSR count). The standard InChI is InChI=1S/C14H16N2O4S/c1-19-11-3-4-12(20-2)9(5-11)7-15-14-16-10(8-21-14)6-13(17)18/h3-5,8H,6-7H2,1-2H3,(H,15,16)(H,17,18)/p-1. The first-order chi connectivity index (χ1) is 10.1. The fraction of sp³-hybridized carbons (Fsp3) is 0.286. The molecule has 1 aromatic heterocycles. The minimum Gasteiger partial charge on any atom is -0.550 e. The molecule has 2 aromatic rings. The summed E-state index contributed by atoms with van der Waals surface area (Å²) < 4.78 is 10.5. The molecule has 21 heavy (non-hydrogen) atoms. The summed E-state index contributed by atoms with van der Waals surface area (Å²) in [7, 11) is 3.21. The van der Waals surface area contributed by atoms with Crippen LogP contribution in [0.15, 0.2) is 23.6 Å². The zero-order chi connectivity index (χ0) is 15.2. The van der Waals surface area contributed by atoms with Crippen molar-refractivity contribution in [2.24, 2.45) is 0 Å². The lowest BCUT2D eigenvalue weighted by molar-refractivity contribution is -0.304. The van der Waals surface area contributed by atoms with Gasteiger partial charge in [-0.1, -0.05) is 0 Å². The van der Waals surface area contributed by atoms with E-state index in [0.717, 1.165) is 17.1 Å². The predicted octanol–water partition coefficient (Wildman–Crippen LogP) is 1.06. The molecule has 0 fully saturated rings. The Labute approximate surface area is 126 Å². The summed E-state index contributed by atoms with van der Waals surface area (Å²) in [6.45, 7) is 0.499. The van der Waals surface area contributed by atoms with E-state index in [2.05, 4.69) is 10.3 Å². The number of carbonyl (C=O) groups excluding carboxylic acids is 1. The van der Waals surface area contributed by atoms with E-state index in [9.17, 15) is 9.90 Å². The minimum atomic E-state index is -1.14. The summed E-state index contributed by atoms with van der Waals surface area (Å²) >= 11 is 1.35. The largest absolute Gasteiger partial charge is 0.550 e. The van der Waals surface area contributed by atoms with Crippen LogP contribution in [0.25, 0.3) is 0 Å². The Bertz CT molecular complexity index is 627. The van der Waals surface area contributed by atoms with Gasteiger partial charge in [-0.15, -0.1) is 11.3 Å².